The van der Waals surface area contributed by atoms with Crippen molar-refractivity contribution < 1.29 is 4.74 Å². The SMILES string of the molecule is CN=C(NCCCCSC)NCc1ccc(OCc2ccccc2)cc1. The number of hydrogen-bond donors (Lipinski definition) is 2. The molecule has 0 radical (unpaired) electrons. The molecule has 0 aliphatic carbocycles. The molecule has 0 aromatic heterocycles. The summed E-state index contributed by atoms with van der Waals surface area (Å²) in [5.41, 5.74) is 2.37. The number of benzene rings is 2. The Morgan fingerprint density at radius 2 is 1.73 bits per heavy atom. The third-order valence-electron chi connectivity index (χ3n) is 3.92. The van der Waals surface area contributed by atoms with Gasteiger partial charge in [-0.05, 0) is 48.1 Å². The number of unbranched alkanes of at least 4 members (excludes halogenated alkanes) is 1. The molecule has 0 aliphatic heterocycles. The lowest BCUT2D eigenvalue weighted by atomic mass is 10.2. The largest absolute Gasteiger partial charge is 0.489 e. The monoisotopic (exact) mass is 371 g/mol. The van der Waals surface area contributed by atoms with Crippen molar-refractivity contribution in [3.8, 4) is 5.75 Å². The van der Waals surface area contributed by atoms with Gasteiger partial charge in [-0.25, -0.2) is 0 Å². The average Bonchev–Trinajstić information content (AvgIpc) is 2.70. The van der Waals surface area contributed by atoms with Crippen molar-refractivity contribution in [3.63, 3.8) is 0 Å². The van der Waals surface area contributed by atoms with Crippen molar-refractivity contribution in [1.82, 2.24) is 10.6 Å². The molecular formula is C21H29N3OS. The number of aliphatic imine (C=N–C) groups is 1. The van der Waals surface area contributed by atoms with Gasteiger partial charge in [0.25, 0.3) is 0 Å². The molecule has 0 unspecified atom stereocenters. The standard InChI is InChI=1S/C21H29N3OS/c1-22-21(23-14-6-7-15-26-2)24-16-18-10-12-20(13-11-18)25-17-19-8-4-3-5-9-19/h3-5,8-13H,6-7,14-17H2,1-2H3,(H2,22,23,24). The first-order valence-electron chi connectivity index (χ1n) is 9.01. The zero-order valence-electron chi connectivity index (χ0n) is 15.7. The van der Waals surface area contributed by atoms with Crippen molar-refractivity contribution in [1.29, 1.82) is 0 Å². The van der Waals surface area contributed by atoms with E-state index in [9.17, 15) is 0 Å². The van der Waals surface area contributed by atoms with Gasteiger partial charge in [0.05, 0.1) is 0 Å². The normalized spacial score (nSPS) is 11.2. The molecule has 140 valence electrons. The zero-order chi connectivity index (χ0) is 18.5. The molecule has 2 rings (SSSR count). The van der Waals surface area contributed by atoms with Crippen LogP contribution in [0.2, 0.25) is 0 Å². The van der Waals surface area contributed by atoms with Crippen LogP contribution in [0.25, 0.3) is 0 Å². The van der Waals surface area contributed by atoms with Crippen LogP contribution in [0.3, 0.4) is 0 Å². The third kappa shape index (κ3) is 7.83. The van der Waals surface area contributed by atoms with Crippen molar-refractivity contribution in [2.45, 2.75) is 26.0 Å². The second-order valence-electron chi connectivity index (χ2n) is 5.97. The summed E-state index contributed by atoms with van der Waals surface area (Å²) in [4.78, 5) is 4.27. The Balaban J connectivity index is 1.70. The molecule has 0 spiro atoms. The minimum atomic E-state index is 0.589. The van der Waals surface area contributed by atoms with E-state index in [1.54, 1.807) is 7.05 Å². The highest BCUT2D eigenvalue weighted by atomic mass is 32.2. The van der Waals surface area contributed by atoms with E-state index in [1.165, 1.54) is 23.3 Å². The number of rotatable bonds is 10. The molecule has 0 atom stereocenters. The number of thioether (sulfide) groups is 1. The minimum absolute atomic E-state index is 0.589. The van der Waals surface area contributed by atoms with Gasteiger partial charge in [-0.2, -0.15) is 11.8 Å². The molecule has 2 aromatic carbocycles. The minimum Gasteiger partial charge on any atom is -0.489 e. The number of guanidine groups is 1. The van der Waals surface area contributed by atoms with E-state index in [0.29, 0.717) is 6.61 Å². The van der Waals surface area contributed by atoms with Crippen LogP contribution in [0.1, 0.15) is 24.0 Å². The summed E-state index contributed by atoms with van der Waals surface area (Å²) in [6.45, 7) is 2.28. The van der Waals surface area contributed by atoms with E-state index in [0.717, 1.165) is 31.2 Å². The van der Waals surface area contributed by atoms with Gasteiger partial charge >= 0.3 is 0 Å². The second-order valence-corrected chi connectivity index (χ2v) is 6.96. The van der Waals surface area contributed by atoms with Gasteiger partial charge in [0.2, 0.25) is 0 Å². The van der Waals surface area contributed by atoms with Crippen molar-refractivity contribution in [2.75, 3.05) is 25.6 Å². The summed E-state index contributed by atoms with van der Waals surface area (Å²) >= 11 is 1.89. The van der Waals surface area contributed by atoms with Crippen molar-refractivity contribution >= 4 is 17.7 Å². The highest BCUT2D eigenvalue weighted by Gasteiger charge is 2.00. The zero-order valence-corrected chi connectivity index (χ0v) is 16.5. The topological polar surface area (TPSA) is 45.7 Å². The first-order chi connectivity index (χ1) is 12.8. The quantitative estimate of drug-likeness (QED) is 0.375. The molecule has 0 heterocycles. The maximum absolute atomic E-state index is 5.82. The van der Waals surface area contributed by atoms with E-state index in [2.05, 4.69) is 46.1 Å². The van der Waals surface area contributed by atoms with E-state index in [-0.39, 0.29) is 0 Å². The Kier molecular flexibility index (Phi) is 9.51. The van der Waals surface area contributed by atoms with Crippen LogP contribution in [0.15, 0.2) is 59.6 Å². The molecule has 26 heavy (non-hydrogen) atoms. The summed E-state index contributed by atoms with van der Waals surface area (Å²) < 4.78 is 5.82. The Hall–Kier alpha value is -2.14. The van der Waals surface area contributed by atoms with Gasteiger partial charge in [0, 0.05) is 20.1 Å². The number of hydrogen-bond acceptors (Lipinski definition) is 3. The second kappa shape index (κ2) is 12.3. The summed E-state index contributed by atoms with van der Waals surface area (Å²) in [5, 5.41) is 6.70. The van der Waals surface area contributed by atoms with Crippen LogP contribution in [0.4, 0.5) is 0 Å². The molecule has 0 saturated heterocycles. The molecule has 2 N–H and O–H groups in total. The average molecular weight is 372 g/mol. The molecule has 0 bridgehead atoms. The maximum atomic E-state index is 5.82. The Morgan fingerprint density at radius 1 is 0.962 bits per heavy atom. The van der Waals surface area contributed by atoms with Gasteiger partial charge < -0.3 is 15.4 Å². The summed E-state index contributed by atoms with van der Waals surface area (Å²) in [6.07, 6.45) is 4.54. The molecule has 4 nitrogen and oxygen atoms in total. The molecule has 0 aliphatic rings. The fraction of sp³-hybridized carbons (Fsp3) is 0.381. The highest BCUT2D eigenvalue weighted by molar-refractivity contribution is 7.98. The van der Waals surface area contributed by atoms with Gasteiger partial charge in [0.15, 0.2) is 5.96 Å². The third-order valence-corrected chi connectivity index (χ3v) is 4.62. The fourth-order valence-corrected chi connectivity index (χ4v) is 2.92. The van der Waals surface area contributed by atoms with Gasteiger partial charge in [-0.1, -0.05) is 42.5 Å². The number of nitrogens with zero attached hydrogens (tertiary/aromatic N) is 1. The van der Waals surface area contributed by atoms with E-state index in [1.807, 2.05) is 42.1 Å². The summed E-state index contributed by atoms with van der Waals surface area (Å²) in [6, 6.07) is 18.4. The lowest BCUT2D eigenvalue weighted by molar-refractivity contribution is 0.306. The molecular weight excluding hydrogens is 342 g/mol. The summed E-state index contributed by atoms with van der Waals surface area (Å²) in [5.74, 6) is 2.94. The van der Waals surface area contributed by atoms with Gasteiger partial charge in [0.1, 0.15) is 12.4 Å². The molecule has 0 amide bonds. The van der Waals surface area contributed by atoms with Crippen LogP contribution in [-0.4, -0.2) is 31.6 Å². The molecule has 2 aromatic rings. The molecule has 5 heteroatoms. The van der Waals surface area contributed by atoms with Crippen molar-refractivity contribution in [3.05, 3.63) is 65.7 Å². The fourth-order valence-electron chi connectivity index (χ4n) is 2.43. The van der Waals surface area contributed by atoms with E-state index < -0.39 is 0 Å². The maximum Gasteiger partial charge on any atom is 0.191 e. The van der Waals surface area contributed by atoms with Gasteiger partial charge in [-0.15, -0.1) is 0 Å². The Labute approximate surface area is 161 Å². The first kappa shape index (κ1) is 20.2. The van der Waals surface area contributed by atoms with Crippen LogP contribution in [-0.2, 0) is 13.2 Å². The number of ether oxygens (including phenoxy) is 1. The predicted octanol–water partition coefficient (Wildman–Crippen LogP) is 4.07. The first-order valence-corrected chi connectivity index (χ1v) is 10.4. The summed E-state index contributed by atoms with van der Waals surface area (Å²) in [7, 11) is 1.80. The van der Waals surface area contributed by atoms with E-state index in [4.69, 9.17) is 4.74 Å². The smallest absolute Gasteiger partial charge is 0.191 e. The predicted molar refractivity (Wildman–Crippen MR) is 113 cm³/mol. The Bertz CT molecular complexity index is 644. The van der Waals surface area contributed by atoms with Crippen LogP contribution < -0.4 is 15.4 Å². The highest BCUT2D eigenvalue weighted by Crippen LogP contribution is 2.14. The molecule has 0 fully saturated rings. The van der Waals surface area contributed by atoms with Crippen LogP contribution in [0, 0.1) is 0 Å². The van der Waals surface area contributed by atoms with Crippen molar-refractivity contribution in [2.24, 2.45) is 4.99 Å². The number of nitrogens with one attached hydrogen (secondary N) is 2. The van der Waals surface area contributed by atoms with E-state index >= 15 is 0 Å². The van der Waals surface area contributed by atoms with Crippen LogP contribution in [0.5, 0.6) is 5.75 Å². The Morgan fingerprint density at radius 3 is 2.42 bits per heavy atom. The molecule has 0 saturated carbocycles. The van der Waals surface area contributed by atoms with Crippen LogP contribution >= 0.6 is 11.8 Å². The lowest BCUT2D eigenvalue weighted by Crippen LogP contribution is -2.37. The van der Waals surface area contributed by atoms with Gasteiger partial charge in [-0.3, -0.25) is 4.99 Å². The lowest BCUT2D eigenvalue weighted by Gasteiger charge is -2.12.